The Hall–Kier alpha value is -11.1. The van der Waals surface area contributed by atoms with Crippen molar-refractivity contribution in [1.82, 2.24) is 21.3 Å². The van der Waals surface area contributed by atoms with Crippen LogP contribution in [0, 0.1) is 0 Å². The highest BCUT2D eigenvalue weighted by atomic mass is 16.5. The highest BCUT2D eigenvalue weighted by Gasteiger charge is 2.30. The van der Waals surface area contributed by atoms with Crippen molar-refractivity contribution in [2.24, 2.45) is 49.4 Å². The second-order valence-electron chi connectivity index (χ2n) is 21.6. The number of aromatic hydroxyl groups is 1. The second kappa shape index (κ2) is 36.0. The van der Waals surface area contributed by atoms with Crippen LogP contribution in [0.3, 0.4) is 0 Å². The number of rotatable bonds is 38. The van der Waals surface area contributed by atoms with E-state index < -0.39 is 71.1 Å². The normalized spacial score (nSPS) is 12.0. The summed E-state index contributed by atoms with van der Waals surface area (Å²) in [5.41, 5.74) is 35.4. The summed E-state index contributed by atoms with van der Waals surface area (Å²) in [6.07, 6.45) is -0.118. The van der Waals surface area contributed by atoms with Crippen LogP contribution in [0.5, 0.6) is 28.7 Å². The van der Waals surface area contributed by atoms with Crippen molar-refractivity contribution in [2.75, 3.05) is 48.1 Å². The minimum Gasteiger partial charge on any atom is -0.508 e. The van der Waals surface area contributed by atoms with Gasteiger partial charge in [0.15, 0.2) is 35.2 Å². The van der Waals surface area contributed by atoms with Crippen molar-refractivity contribution in [3.63, 3.8) is 0 Å². The zero-order valence-corrected chi connectivity index (χ0v) is 52.5. The minimum atomic E-state index is -1.39. The molecule has 0 saturated heterocycles. The number of carboxylic acid groups (broad SMARTS) is 1. The van der Waals surface area contributed by atoms with Crippen molar-refractivity contribution in [3.05, 3.63) is 147 Å². The van der Waals surface area contributed by atoms with Gasteiger partial charge in [-0.1, -0.05) is 36.4 Å². The molecule has 4 amide bonds. The molecule has 0 fully saturated rings. The molecule has 5 aromatic carbocycles. The molecule has 0 aromatic heterocycles. The Morgan fingerprint density at radius 3 is 0.935 bits per heavy atom. The van der Waals surface area contributed by atoms with Gasteiger partial charge in [0, 0.05) is 51.7 Å². The van der Waals surface area contributed by atoms with Crippen LogP contribution in [0.4, 0.5) is 0 Å². The number of methoxy groups -OCH3 is 4. The van der Waals surface area contributed by atoms with Crippen molar-refractivity contribution >= 4 is 70.6 Å². The molecule has 0 saturated carbocycles. The second-order valence-corrected chi connectivity index (χ2v) is 21.6. The zero-order chi connectivity index (χ0) is 68.3. The number of nitrogens with two attached hydrogens (primary N) is 6. The molecule has 4 atom stereocenters. The van der Waals surface area contributed by atoms with Crippen LogP contribution < -0.4 is 74.6 Å². The molecule has 0 heterocycles. The first-order valence-electron chi connectivity index (χ1n) is 29.5. The first-order chi connectivity index (χ1) is 44.3. The number of phenolic OH excluding ortho intramolecular Hbond substituents is 1. The summed E-state index contributed by atoms with van der Waals surface area (Å²) < 4.78 is 22.0. The van der Waals surface area contributed by atoms with E-state index in [4.69, 9.17) is 53.3 Å². The minimum absolute atomic E-state index is 0.0234. The maximum atomic E-state index is 14.5. The summed E-state index contributed by atoms with van der Waals surface area (Å²) in [7, 11) is 5.36. The fourth-order valence-electron chi connectivity index (χ4n) is 9.89. The van der Waals surface area contributed by atoms with E-state index in [0.29, 0.717) is 27.8 Å². The zero-order valence-electron chi connectivity index (χ0n) is 52.5. The van der Waals surface area contributed by atoms with Crippen molar-refractivity contribution < 1.29 is 72.3 Å². The number of phenols is 1. The summed E-state index contributed by atoms with van der Waals surface area (Å²) in [4.78, 5) is 136. The van der Waals surface area contributed by atoms with Crippen LogP contribution >= 0.6 is 0 Å². The van der Waals surface area contributed by atoms with E-state index in [1.807, 2.05) is 0 Å². The molecule has 0 spiro atoms. The van der Waals surface area contributed by atoms with Gasteiger partial charge in [0.25, 0.3) is 23.6 Å². The molecule has 0 radical (unpaired) electrons. The molecule has 28 heteroatoms. The highest BCUT2D eigenvalue weighted by Crippen LogP contribution is 2.27. The maximum absolute atomic E-state index is 14.5. The summed E-state index contributed by atoms with van der Waals surface area (Å²) in [5, 5.41) is 30.6. The van der Waals surface area contributed by atoms with Crippen LogP contribution in [0.15, 0.2) is 112 Å². The van der Waals surface area contributed by atoms with E-state index in [1.54, 1.807) is 24.3 Å². The number of aliphatic imine (C=N–C) groups is 3. The van der Waals surface area contributed by atoms with Crippen molar-refractivity contribution in [1.29, 1.82) is 0 Å². The van der Waals surface area contributed by atoms with Gasteiger partial charge in [0.1, 0.15) is 40.6 Å². The summed E-state index contributed by atoms with van der Waals surface area (Å²) >= 11 is 0. The standard InChI is InChI=1S/C65H81N13O15/c1-36(79)27-38-14-20-54(90-2)43(28-38)58(84)75-47(9-6-24-72-63(66)67)51(81)33-39-15-21-55(91-3)44(29-39)59(85)76-48(10-7-25-73-64(68)69)52(82)34-40-16-22-56(92-4)45(30-40)60(86)77-49(11-8-26-74-65(70)71)53(83)35-41-17-23-57(93-5)46(31-41)61(87)78-50(62(88)89)32-37-12-18-42(80)19-13-37/h12-23,28-31,47-50,80H,6-11,24-27,32-35H2,1-5H3,(H,75,84)(H,76,85)(H,77,86)(H,78,87)(H,88,89)(H4,66,67,72)(H4,68,69,73)(H4,70,71,74)/t47-,48-,49-,50+/m0/s1. The largest absolute Gasteiger partial charge is 0.508 e. The molecule has 5 rings (SSSR count). The van der Waals surface area contributed by atoms with E-state index in [9.17, 15) is 53.4 Å². The average molecular weight is 1280 g/mol. The molecule has 0 aliphatic carbocycles. The number of hydrogen-bond acceptors (Lipinski definition) is 17. The van der Waals surface area contributed by atoms with E-state index in [0.717, 1.165) is 0 Å². The lowest BCUT2D eigenvalue weighted by Crippen LogP contribution is -2.43. The van der Waals surface area contributed by atoms with Gasteiger partial charge in [-0.2, -0.15) is 0 Å². The van der Waals surface area contributed by atoms with Crippen LogP contribution in [0.2, 0.25) is 0 Å². The highest BCUT2D eigenvalue weighted by molar-refractivity contribution is 6.04. The molecule has 0 unspecified atom stereocenters. The first kappa shape index (κ1) is 72.7. The number of nitrogens with zero attached hydrogens (tertiary/aromatic N) is 3. The first-order valence-corrected chi connectivity index (χ1v) is 29.5. The number of Topliss-reactive ketones (excluding diaryl/α,β-unsaturated/α-hetero) is 4. The number of carboxylic acids is 1. The van der Waals surface area contributed by atoms with Gasteiger partial charge in [0.05, 0.1) is 68.8 Å². The number of carbonyl (C=O) groups is 9. The lowest BCUT2D eigenvalue weighted by atomic mass is 9.96. The van der Waals surface area contributed by atoms with Crippen molar-refractivity contribution in [2.45, 2.75) is 102 Å². The van der Waals surface area contributed by atoms with Crippen molar-refractivity contribution in [3.8, 4) is 28.7 Å². The molecule has 93 heavy (non-hydrogen) atoms. The average Bonchev–Trinajstić information content (AvgIpc) is 1.05. The topological polar surface area (TPSA) is 472 Å². The van der Waals surface area contributed by atoms with Gasteiger partial charge < -0.3 is 84.8 Å². The molecular formula is C65H81N13O15. The van der Waals surface area contributed by atoms with E-state index in [2.05, 4.69) is 36.2 Å². The summed E-state index contributed by atoms with van der Waals surface area (Å²) in [6.45, 7) is 1.75. The van der Waals surface area contributed by atoms with Crippen LogP contribution in [0.25, 0.3) is 0 Å². The maximum Gasteiger partial charge on any atom is 0.326 e. The number of carbonyl (C=O) groups excluding carboxylic acids is 8. The van der Waals surface area contributed by atoms with Gasteiger partial charge in [-0.3, -0.25) is 53.3 Å². The molecule has 0 aliphatic rings. The van der Waals surface area contributed by atoms with Gasteiger partial charge in [-0.05, 0) is 134 Å². The number of ketones is 4. The third-order valence-electron chi connectivity index (χ3n) is 14.5. The quantitative estimate of drug-likeness (QED) is 0.0152. The predicted molar refractivity (Wildman–Crippen MR) is 347 cm³/mol. The van der Waals surface area contributed by atoms with Gasteiger partial charge in [-0.15, -0.1) is 0 Å². The fourth-order valence-corrected chi connectivity index (χ4v) is 9.89. The smallest absolute Gasteiger partial charge is 0.326 e. The molecule has 5 aromatic rings. The number of amides is 4. The van der Waals surface area contributed by atoms with E-state index >= 15 is 0 Å². The number of guanidine groups is 3. The Morgan fingerprint density at radius 2 is 0.677 bits per heavy atom. The number of hydrogen-bond donors (Lipinski definition) is 12. The van der Waals surface area contributed by atoms with Gasteiger partial charge in [0.2, 0.25) is 0 Å². The number of ether oxygens (including phenoxy) is 4. The lowest BCUT2D eigenvalue weighted by Gasteiger charge is -2.21. The van der Waals surface area contributed by atoms with Crippen LogP contribution in [-0.2, 0) is 56.1 Å². The lowest BCUT2D eigenvalue weighted by molar-refractivity contribution is -0.139. The third-order valence-corrected chi connectivity index (χ3v) is 14.5. The molecular weight excluding hydrogens is 1200 g/mol. The number of benzene rings is 5. The third kappa shape index (κ3) is 23.0. The molecule has 28 nitrogen and oxygen atoms in total. The Balaban J connectivity index is 1.38. The van der Waals surface area contributed by atoms with Gasteiger partial charge >= 0.3 is 5.97 Å². The molecule has 0 aliphatic heterocycles. The Bertz CT molecular complexity index is 3600. The SMILES string of the molecule is COc1ccc(CC(C)=O)cc1C(=O)N[C@@H](CCCN=C(N)N)C(=O)Cc1ccc(OC)c(C(=O)N[C@@H](CCCN=C(N)N)C(=O)Cc2ccc(OC)c(C(=O)N[C@@H](CCCN=C(N)N)C(=O)Cc3ccc(OC)c(C(=O)N[C@H](Cc4ccc(O)cc4)C(=O)O)c3)c2)c1. The summed E-state index contributed by atoms with van der Waals surface area (Å²) in [5.74, 6) is -5.99. The van der Waals surface area contributed by atoms with Crippen LogP contribution in [0.1, 0.15) is 115 Å². The van der Waals surface area contributed by atoms with E-state index in [-0.39, 0.29) is 165 Å². The monoisotopic (exact) mass is 1280 g/mol. The molecule has 0 bridgehead atoms. The van der Waals surface area contributed by atoms with E-state index in [1.165, 1.54) is 108 Å². The Kier molecular flexibility index (Phi) is 28.1. The Labute approximate surface area is 537 Å². The van der Waals surface area contributed by atoms with Crippen LogP contribution in [-0.4, -0.2) is 153 Å². The van der Waals surface area contributed by atoms with Gasteiger partial charge in [-0.25, -0.2) is 4.79 Å². The fraction of sp³-hybridized carbons (Fsp3) is 0.354. The Morgan fingerprint density at radius 1 is 0.409 bits per heavy atom. The number of nitrogens with one attached hydrogen (secondary N) is 4. The predicted octanol–water partition coefficient (Wildman–Crippen LogP) is 1.88. The number of aliphatic carboxylic acids is 1. The molecule has 18 N–H and O–H groups in total. The summed E-state index contributed by atoms with van der Waals surface area (Å²) in [6, 6.07) is 19.0. The molecule has 496 valence electrons.